The van der Waals surface area contributed by atoms with Gasteiger partial charge in [0.25, 0.3) is 0 Å². The molecule has 0 unspecified atom stereocenters. The molecule has 3 saturated carbocycles. The van der Waals surface area contributed by atoms with E-state index in [9.17, 15) is 9.90 Å². The second-order valence-electron chi connectivity index (χ2n) is 23.6. The summed E-state index contributed by atoms with van der Waals surface area (Å²) in [6, 6.07) is 22.7. The van der Waals surface area contributed by atoms with Crippen LogP contribution in [-0.2, 0) is 29.3 Å². The summed E-state index contributed by atoms with van der Waals surface area (Å²) in [7, 11) is 0. The Kier molecular flexibility index (Phi) is 15.3. The molecule has 10 atom stereocenters. The van der Waals surface area contributed by atoms with Crippen LogP contribution in [-0.4, -0.2) is 54.0 Å². The second kappa shape index (κ2) is 21.7. The molecule has 0 amide bonds. The average molecular weight is 1010 g/mol. The van der Waals surface area contributed by atoms with Crippen LogP contribution in [0.15, 0.2) is 84.4 Å². The van der Waals surface area contributed by atoms with E-state index in [-0.39, 0.29) is 30.7 Å². The van der Waals surface area contributed by atoms with Crippen LogP contribution in [0, 0.1) is 59.8 Å². The van der Waals surface area contributed by atoms with Gasteiger partial charge in [-0.3, -0.25) is 9.69 Å². The minimum atomic E-state index is -0.680. The molecule has 10 heteroatoms. The molecule has 2 aliphatic heterocycles. The van der Waals surface area contributed by atoms with Crippen molar-refractivity contribution >= 4 is 23.3 Å². The number of aliphatic hydroxyl groups is 1. The third-order valence-electron chi connectivity index (χ3n) is 18.8. The van der Waals surface area contributed by atoms with Gasteiger partial charge in [-0.25, -0.2) is 4.85 Å². The summed E-state index contributed by atoms with van der Waals surface area (Å²) < 4.78 is 31.2. The maximum absolute atomic E-state index is 14.4. The summed E-state index contributed by atoms with van der Waals surface area (Å²) in [5.74, 6) is 6.90. The lowest BCUT2D eigenvalue weighted by Crippen LogP contribution is -2.51. The fourth-order valence-corrected chi connectivity index (χ4v) is 15.1. The van der Waals surface area contributed by atoms with Gasteiger partial charge in [0, 0.05) is 37.6 Å². The molecule has 6 aliphatic rings. The molecule has 0 aromatic heterocycles. The summed E-state index contributed by atoms with van der Waals surface area (Å²) in [6.07, 6.45) is 15.4. The lowest BCUT2D eigenvalue weighted by atomic mass is 9.47. The van der Waals surface area contributed by atoms with E-state index in [0.717, 1.165) is 100 Å². The van der Waals surface area contributed by atoms with Crippen molar-refractivity contribution < 1.29 is 33.6 Å². The van der Waals surface area contributed by atoms with Crippen molar-refractivity contribution in [2.75, 3.05) is 19.8 Å². The lowest BCUT2D eigenvalue weighted by Gasteiger charge is -2.58. The number of ether oxygens (including phenoxy) is 5. The molecule has 4 fully saturated rings. The van der Waals surface area contributed by atoms with E-state index >= 15 is 0 Å². The molecule has 1 saturated heterocycles. The number of aliphatic hydroxyl groups excluding tert-OH is 1. The number of fused-ring (bicyclic) bond motifs is 6. The largest absolute Gasteiger partial charge is 0.488 e. The number of esters is 1. The number of carbonyl (C=O) groups excluding carboxylic acids is 1. The molecule has 388 valence electrons. The summed E-state index contributed by atoms with van der Waals surface area (Å²) in [5.41, 5.74) is 8.43. The zero-order valence-electron chi connectivity index (χ0n) is 44.1. The first-order valence-electron chi connectivity index (χ1n) is 27.6. The Morgan fingerprint density at radius 1 is 0.890 bits per heavy atom. The van der Waals surface area contributed by atoms with Crippen LogP contribution >= 0.6 is 11.6 Å². The van der Waals surface area contributed by atoms with Crippen molar-refractivity contribution in [3.63, 3.8) is 0 Å². The molecule has 0 bridgehead atoms. The Hall–Kier alpha value is -5.01. The van der Waals surface area contributed by atoms with Crippen molar-refractivity contribution in [2.24, 2.45) is 46.3 Å². The van der Waals surface area contributed by atoms with E-state index in [1.165, 1.54) is 50.5 Å². The monoisotopic (exact) mass is 1010 g/mol. The number of carbonyl (C=O) groups is 1. The number of nitrogens with zero attached hydrogens (tertiary/aromatic N) is 2. The molecular weight excluding hydrogens is 932 g/mol. The molecule has 4 aromatic carbocycles. The van der Waals surface area contributed by atoms with Gasteiger partial charge in [0.05, 0.1) is 17.7 Å². The van der Waals surface area contributed by atoms with E-state index in [1.54, 1.807) is 6.07 Å². The minimum Gasteiger partial charge on any atom is -0.488 e. The van der Waals surface area contributed by atoms with Gasteiger partial charge in [-0.2, -0.15) is 0 Å². The number of hydrogen-bond acceptors (Lipinski definition) is 8. The van der Waals surface area contributed by atoms with Crippen molar-refractivity contribution in [1.82, 2.24) is 4.90 Å². The summed E-state index contributed by atoms with van der Waals surface area (Å²) in [4.78, 5) is 20.0. The van der Waals surface area contributed by atoms with Gasteiger partial charge in [-0.05, 0) is 150 Å². The molecule has 0 radical (unpaired) electrons. The highest BCUT2D eigenvalue weighted by atomic mass is 35.5. The molecule has 0 spiro atoms. The molecule has 2 heterocycles. The first-order valence-corrected chi connectivity index (χ1v) is 27.9. The van der Waals surface area contributed by atoms with Crippen LogP contribution in [0.4, 0.5) is 5.69 Å². The van der Waals surface area contributed by atoms with Gasteiger partial charge < -0.3 is 28.8 Å². The first-order chi connectivity index (χ1) is 35.2. The Morgan fingerprint density at radius 2 is 1.70 bits per heavy atom. The molecule has 9 nitrogen and oxygen atoms in total. The number of allylic oxidation sites excluding steroid dienone is 1. The predicted molar refractivity (Wildman–Crippen MR) is 288 cm³/mol. The molecule has 4 aliphatic carbocycles. The van der Waals surface area contributed by atoms with E-state index in [1.807, 2.05) is 59.5 Å². The standard InChI is InChI=1S/C63H77ClN2O7/c1-39(2)11-8-12-40(3)52-20-21-53-51-19-18-46-32-49(23-25-62(46,5)54(51)24-26-63(52,53)6)73-61(68)56-33-48(67)36-66(56)35-45-30-55(64)59(34-58(45)71-37-42-13-9-15-47(29-42)65-7)72-38-44-14-10-16-50(41(44)4)43-17-22-57-60(31-43)70-28-27-69-57/h9-10,13-18,22,29-31,34,39-40,48-49,51-54,56,67H,8,11-12,19-21,23-28,32-33,35-38H2,1-6H3/t40-,48-,49+,51+,52-,53+,54+,56-,62+,63-/m1/s1. The number of hydrogen-bond donors (Lipinski definition) is 1. The number of benzene rings is 4. The third-order valence-corrected chi connectivity index (χ3v) is 19.1. The number of halogens is 1. The van der Waals surface area contributed by atoms with Gasteiger partial charge in [0.2, 0.25) is 0 Å². The predicted octanol–water partition coefficient (Wildman–Crippen LogP) is 14.7. The maximum Gasteiger partial charge on any atom is 0.323 e. The fraction of sp³-hybridized carbons (Fsp3) is 0.556. The highest BCUT2D eigenvalue weighted by molar-refractivity contribution is 6.32. The second-order valence-corrected chi connectivity index (χ2v) is 24.0. The zero-order chi connectivity index (χ0) is 51.0. The molecule has 1 N–H and O–H groups in total. The normalized spacial score (nSPS) is 28.8. The smallest absolute Gasteiger partial charge is 0.323 e. The molecule has 10 rings (SSSR count). The number of β-amino-alcohol motifs (C(OH)–C–C–N with tert-alkyl or cyclic N) is 1. The van der Waals surface area contributed by atoms with Crippen LogP contribution < -0.4 is 18.9 Å². The van der Waals surface area contributed by atoms with Crippen molar-refractivity contribution in [2.45, 2.75) is 157 Å². The lowest BCUT2D eigenvalue weighted by molar-refractivity contribution is -0.157. The Bertz CT molecular complexity index is 2730. The van der Waals surface area contributed by atoms with E-state index < -0.39 is 12.1 Å². The quantitative estimate of drug-likeness (QED) is 0.0674. The van der Waals surface area contributed by atoms with Crippen LogP contribution in [0.2, 0.25) is 5.02 Å². The first kappa shape index (κ1) is 51.5. The van der Waals surface area contributed by atoms with Gasteiger partial charge in [0.1, 0.15) is 50.1 Å². The SMILES string of the molecule is [C-]#[N+]c1cccc(COc2cc(OCc3cccc(-c4ccc5c(c4)OCCO5)c3C)c(Cl)cc2CN2C[C@H](O)C[C@@H]2C(=O)O[C@H]2CC[C@@]3(C)C(=CC[C@H]4[C@@H]5CC[C@H]([C@H](C)CCCC(C)C)[C@@]5(C)CC[C@@H]43)C2)c1. The highest BCUT2D eigenvalue weighted by Crippen LogP contribution is 2.67. The topological polar surface area (TPSA) is 91.0 Å². The minimum absolute atomic E-state index is 0.156. The van der Waals surface area contributed by atoms with E-state index in [2.05, 4.69) is 64.6 Å². The van der Waals surface area contributed by atoms with Gasteiger partial charge in [0.15, 0.2) is 17.2 Å². The van der Waals surface area contributed by atoms with E-state index in [4.69, 9.17) is 41.9 Å². The third kappa shape index (κ3) is 10.7. The van der Waals surface area contributed by atoms with Gasteiger partial charge in [-0.1, -0.05) is 120 Å². The summed E-state index contributed by atoms with van der Waals surface area (Å²) in [5, 5.41) is 11.5. The van der Waals surface area contributed by atoms with Crippen LogP contribution in [0.5, 0.6) is 23.0 Å². The van der Waals surface area contributed by atoms with Crippen molar-refractivity contribution in [3.05, 3.63) is 123 Å². The highest BCUT2D eigenvalue weighted by Gasteiger charge is 2.59. The summed E-state index contributed by atoms with van der Waals surface area (Å²) in [6.45, 7) is 24.3. The molecule has 4 aromatic rings. The van der Waals surface area contributed by atoms with Crippen LogP contribution in [0.3, 0.4) is 0 Å². The fourth-order valence-electron chi connectivity index (χ4n) is 14.9. The average Bonchev–Trinajstić information content (AvgIpc) is 3.94. The number of rotatable bonds is 16. The van der Waals surface area contributed by atoms with E-state index in [0.29, 0.717) is 66.3 Å². The molecule has 73 heavy (non-hydrogen) atoms. The van der Waals surface area contributed by atoms with Gasteiger partial charge >= 0.3 is 5.97 Å². The van der Waals surface area contributed by atoms with Crippen LogP contribution in [0.1, 0.15) is 134 Å². The Labute approximate surface area is 439 Å². The zero-order valence-corrected chi connectivity index (χ0v) is 44.9. The Balaban J connectivity index is 0.820. The van der Waals surface area contributed by atoms with Crippen LogP contribution in [0.25, 0.3) is 16.0 Å². The molecular formula is C63H77ClN2O7. The van der Waals surface area contributed by atoms with Crippen molar-refractivity contribution in [3.8, 4) is 34.1 Å². The number of likely N-dealkylation sites (tertiary alicyclic amines) is 1. The maximum atomic E-state index is 14.4. The van der Waals surface area contributed by atoms with Gasteiger partial charge in [-0.15, -0.1) is 0 Å². The summed E-state index contributed by atoms with van der Waals surface area (Å²) >= 11 is 7.08. The van der Waals surface area contributed by atoms with Crippen molar-refractivity contribution in [1.29, 1.82) is 0 Å². The Morgan fingerprint density at radius 3 is 2.52 bits per heavy atom.